The van der Waals surface area contributed by atoms with Gasteiger partial charge < -0.3 is 15.4 Å². The minimum atomic E-state index is -0.606. The molecule has 0 spiro atoms. The summed E-state index contributed by atoms with van der Waals surface area (Å²) >= 11 is 3.27. The van der Waals surface area contributed by atoms with Crippen LogP contribution in [-0.4, -0.2) is 30.5 Å². The van der Waals surface area contributed by atoms with Crippen molar-refractivity contribution in [2.45, 2.75) is 13.5 Å². The molecule has 1 heterocycles. The second-order valence-corrected chi connectivity index (χ2v) is 6.10. The molecule has 6 nitrogen and oxygen atoms in total. The predicted octanol–water partition coefficient (Wildman–Crippen LogP) is 2.67. The van der Waals surface area contributed by atoms with Crippen molar-refractivity contribution in [1.29, 1.82) is 0 Å². The molecule has 2 N–H and O–H groups in total. The third-order valence-electron chi connectivity index (χ3n) is 3.20. The number of aryl methyl sites for hydroxylation is 1. The van der Waals surface area contributed by atoms with Crippen LogP contribution in [-0.2, 0) is 16.1 Å². The van der Waals surface area contributed by atoms with Crippen molar-refractivity contribution in [3.63, 3.8) is 0 Å². The molecule has 24 heavy (non-hydrogen) atoms. The molecule has 0 aliphatic carbocycles. The summed E-state index contributed by atoms with van der Waals surface area (Å²) in [6.45, 7) is 2.71. The van der Waals surface area contributed by atoms with Crippen molar-refractivity contribution in [1.82, 2.24) is 10.3 Å². The van der Waals surface area contributed by atoms with Crippen LogP contribution in [0.15, 0.2) is 41.0 Å². The third-order valence-corrected chi connectivity index (χ3v) is 3.64. The molecule has 0 saturated carbocycles. The summed E-state index contributed by atoms with van der Waals surface area (Å²) in [4.78, 5) is 27.7. The molecule has 0 aliphatic heterocycles. The topological polar surface area (TPSA) is 80.3 Å². The summed E-state index contributed by atoms with van der Waals surface area (Å²) in [7, 11) is 1.26. The van der Waals surface area contributed by atoms with Gasteiger partial charge in [-0.25, -0.2) is 9.78 Å². The zero-order chi connectivity index (χ0) is 17.5. The van der Waals surface area contributed by atoms with E-state index in [1.807, 2.05) is 25.1 Å². The summed E-state index contributed by atoms with van der Waals surface area (Å²) in [6, 6.07) is 9.65. The average molecular weight is 392 g/mol. The minimum Gasteiger partial charge on any atom is -0.464 e. The highest BCUT2D eigenvalue weighted by Crippen LogP contribution is 2.19. The SMILES string of the molecule is COC(=O)c1ncc(Br)cc1NC(=O)CNCc1cccc(C)c1. The Balaban J connectivity index is 1.95. The number of carbonyl (C=O) groups excluding carboxylic acids is 2. The van der Waals surface area contributed by atoms with Crippen LogP contribution in [0.1, 0.15) is 21.6 Å². The van der Waals surface area contributed by atoms with Crippen LogP contribution in [0.4, 0.5) is 5.69 Å². The smallest absolute Gasteiger partial charge is 0.358 e. The fourth-order valence-electron chi connectivity index (χ4n) is 2.13. The van der Waals surface area contributed by atoms with Crippen molar-refractivity contribution >= 4 is 33.5 Å². The zero-order valence-electron chi connectivity index (χ0n) is 13.4. The standard InChI is InChI=1S/C17H18BrN3O3/c1-11-4-3-5-12(6-11)8-19-10-15(22)21-14-7-13(18)9-20-16(14)17(23)24-2/h3-7,9,19H,8,10H2,1-2H3,(H,21,22). The molecule has 0 atom stereocenters. The molecular formula is C17H18BrN3O3. The lowest BCUT2D eigenvalue weighted by atomic mass is 10.1. The molecule has 0 aliphatic rings. The number of pyridine rings is 1. The molecule has 0 fully saturated rings. The van der Waals surface area contributed by atoms with Gasteiger partial charge in [0.25, 0.3) is 0 Å². The van der Waals surface area contributed by atoms with E-state index in [0.29, 0.717) is 16.7 Å². The zero-order valence-corrected chi connectivity index (χ0v) is 15.0. The molecule has 2 aromatic rings. The van der Waals surface area contributed by atoms with Gasteiger partial charge in [0.1, 0.15) is 0 Å². The molecule has 126 valence electrons. The number of anilines is 1. The second kappa shape index (κ2) is 8.56. The quantitative estimate of drug-likeness (QED) is 0.739. The molecule has 1 aromatic heterocycles. The van der Waals surface area contributed by atoms with Gasteiger partial charge in [-0.2, -0.15) is 0 Å². The van der Waals surface area contributed by atoms with Crippen LogP contribution in [0, 0.1) is 6.92 Å². The number of carbonyl (C=O) groups is 2. The summed E-state index contributed by atoms with van der Waals surface area (Å²) in [5.74, 6) is -0.877. The number of hydrogen-bond acceptors (Lipinski definition) is 5. The number of halogens is 1. The fraction of sp³-hybridized carbons (Fsp3) is 0.235. The number of methoxy groups -OCH3 is 1. The Labute approximate surface area is 148 Å². The monoisotopic (exact) mass is 391 g/mol. The first-order valence-corrected chi connectivity index (χ1v) is 8.09. The van der Waals surface area contributed by atoms with Crippen LogP contribution >= 0.6 is 15.9 Å². The van der Waals surface area contributed by atoms with Crippen LogP contribution in [0.5, 0.6) is 0 Å². The Bertz CT molecular complexity index is 750. The Morgan fingerprint density at radius 3 is 2.79 bits per heavy atom. The van der Waals surface area contributed by atoms with E-state index in [-0.39, 0.29) is 18.1 Å². The summed E-state index contributed by atoms with van der Waals surface area (Å²) in [5.41, 5.74) is 2.63. The number of nitrogens with zero attached hydrogens (tertiary/aromatic N) is 1. The van der Waals surface area contributed by atoms with Gasteiger partial charge in [0, 0.05) is 17.2 Å². The Morgan fingerprint density at radius 2 is 2.08 bits per heavy atom. The van der Waals surface area contributed by atoms with Crippen LogP contribution in [0.3, 0.4) is 0 Å². The van der Waals surface area contributed by atoms with Gasteiger partial charge in [0.2, 0.25) is 5.91 Å². The number of rotatable bonds is 6. The highest BCUT2D eigenvalue weighted by molar-refractivity contribution is 9.10. The third kappa shape index (κ3) is 5.14. The lowest BCUT2D eigenvalue weighted by Gasteiger charge is -2.10. The van der Waals surface area contributed by atoms with E-state index in [1.165, 1.54) is 18.9 Å². The molecule has 0 unspecified atom stereocenters. The summed E-state index contributed by atoms with van der Waals surface area (Å²) in [5, 5.41) is 5.74. The van der Waals surface area contributed by atoms with Gasteiger partial charge >= 0.3 is 5.97 Å². The number of nitrogens with one attached hydrogen (secondary N) is 2. The molecule has 1 aromatic carbocycles. The van der Waals surface area contributed by atoms with Gasteiger partial charge in [-0.15, -0.1) is 0 Å². The first kappa shape index (κ1) is 18.1. The summed E-state index contributed by atoms with van der Waals surface area (Å²) in [6.07, 6.45) is 1.47. The highest BCUT2D eigenvalue weighted by Gasteiger charge is 2.16. The number of benzene rings is 1. The fourth-order valence-corrected chi connectivity index (χ4v) is 2.46. The minimum absolute atomic E-state index is 0.0627. The van der Waals surface area contributed by atoms with Gasteiger partial charge in [-0.05, 0) is 34.5 Å². The average Bonchev–Trinajstić information content (AvgIpc) is 2.54. The molecule has 0 bridgehead atoms. The predicted molar refractivity (Wildman–Crippen MR) is 94.8 cm³/mol. The van der Waals surface area contributed by atoms with E-state index in [9.17, 15) is 9.59 Å². The second-order valence-electron chi connectivity index (χ2n) is 5.18. The lowest BCUT2D eigenvalue weighted by molar-refractivity contribution is -0.115. The van der Waals surface area contributed by atoms with E-state index in [2.05, 4.69) is 42.4 Å². The van der Waals surface area contributed by atoms with Crippen molar-refractivity contribution in [3.8, 4) is 0 Å². The maximum absolute atomic E-state index is 12.1. The largest absolute Gasteiger partial charge is 0.464 e. The van der Waals surface area contributed by atoms with E-state index in [4.69, 9.17) is 0 Å². The lowest BCUT2D eigenvalue weighted by Crippen LogP contribution is -2.28. The Hall–Kier alpha value is -2.25. The van der Waals surface area contributed by atoms with E-state index >= 15 is 0 Å². The first-order valence-electron chi connectivity index (χ1n) is 7.29. The normalized spacial score (nSPS) is 10.3. The molecule has 0 saturated heterocycles. The molecule has 0 radical (unpaired) electrons. The number of aromatic nitrogens is 1. The molecule has 2 rings (SSSR count). The number of ether oxygens (including phenoxy) is 1. The van der Waals surface area contributed by atoms with Gasteiger partial charge in [-0.1, -0.05) is 29.8 Å². The molecule has 7 heteroatoms. The molecular weight excluding hydrogens is 374 g/mol. The summed E-state index contributed by atoms with van der Waals surface area (Å²) < 4.78 is 5.32. The van der Waals surface area contributed by atoms with E-state index in [0.717, 1.165) is 5.56 Å². The maximum Gasteiger partial charge on any atom is 0.358 e. The maximum atomic E-state index is 12.1. The van der Waals surface area contributed by atoms with Crippen LogP contribution in [0.25, 0.3) is 0 Å². The van der Waals surface area contributed by atoms with Crippen LogP contribution < -0.4 is 10.6 Å². The van der Waals surface area contributed by atoms with Crippen molar-refractivity contribution < 1.29 is 14.3 Å². The van der Waals surface area contributed by atoms with Gasteiger partial charge in [0.15, 0.2) is 5.69 Å². The van der Waals surface area contributed by atoms with Crippen molar-refractivity contribution in [3.05, 3.63) is 57.8 Å². The first-order chi connectivity index (χ1) is 11.5. The van der Waals surface area contributed by atoms with Crippen molar-refractivity contribution in [2.24, 2.45) is 0 Å². The Morgan fingerprint density at radius 1 is 1.29 bits per heavy atom. The van der Waals surface area contributed by atoms with E-state index < -0.39 is 5.97 Å². The molecule has 1 amide bonds. The van der Waals surface area contributed by atoms with Gasteiger partial charge in [0.05, 0.1) is 19.3 Å². The van der Waals surface area contributed by atoms with Crippen LogP contribution in [0.2, 0.25) is 0 Å². The number of esters is 1. The number of hydrogen-bond donors (Lipinski definition) is 2. The Kier molecular flexibility index (Phi) is 6.45. The highest BCUT2D eigenvalue weighted by atomic mass is 79.9. The van der Waals surface area contributed by atoms with E-state index in [1.54, 1.807) is 6.07 Å². The number of amides is 1. The van der Waals surface area contributed by atoms with Gasteiger partial charge in [-0.3, -0.25) is 4.79 Å². The van der Waals surface area contributed by atoms with Crippen molar-refractivity contribution in [2.75, 3.05) is 19.0 Å².